The molecule has 0 aromatic carbocycles. The number of pyridine rings is 1. The summed E-state index contributed by atoms with van der Waals surface area (Å²) >= 11 is 0. The minimum Gasteiger partial charge on any atom is -0.325 e. The molecule has 1 heterocycles. The highest BCUT2D eigenvalue weighted by molar-refractivity contribution is 5.72. The summed E-state index contributed by atoms with van der Waals surface area (Å²) in [6, 6.07) is 0.285. The molecule has 0 amide bonds. The molecule has 1 aromatic heterocycles. The maximum absolute atomic E-state index is 12.6. The normalized spacial score (nSPS) is 11.9. The number of aldehydes is 1. The Morgan fingerprint density at radius 1 is 1.41 bits per heavy atom. The molecule has 0 aliphatic carbocycles. The average Bonchev–Trinajstić information content (AvgIpc) is 2.25. The van der Waals surface area contributed by atoms with Crippen LogP contribution in [0.5, 0.6) is 0 Å². The summed E-state index contributed by atoms with van der Waals surface area (Å²) < 4.78 is 62.7. The second-order valence-corrected chi connectivity index (χ2v) is 3.08. The summed E-state index contributed by atoms with van der Waals surface area (Å²) in [5, 5.41) is 0. The van der Waals surface area contributed by atoms with E-state index in [1.165, 1.54) is 0 Å². The van der Waals surface area contributed by atoms with Gasteiger partial charge in [-0.2, -0.15) is 13.2 Å². The fourth-order valence-corrected chi connectivity index (χ4v) is 1.32. The van der Waals surface area contributed by atoms with Crippen LogP contribution in [0.2, 0.25) is 0 Å². The molecule has 3 nitrogen and oxygen atoms in total. The summed E-state index contributed by atoms with van der Waals surface area (Å²) in [6.45, 7) is -0.607. The molecular weight excluding hydrogens is 247 g/mol. The van der Waals surface area contributed by atoms with Gasteiger partial charge in [-0.1, -0.05) is 0 Å². The van der Waals surface area contributed by atoms with E-state index in [9.17, 15) is 26.7 Å². The number of halogens is 5. The van der Waals surface area contributed by atoms with Crippen LogP contribution in [0.1, 0.15) is 33.7 Å². The first-order valence-corrected chi connectivity index (χ1v) is 4.35. The monoisotopic (exact) mass is 254 g/mol. The highest BCUT2D eigenvalue weighted by Gasteiger charge is 2.37. The zero-order valence-electron chi connectivity index (χ0n) is 8.26. The van der Waals surface area contributed by atoms with Gasteiger partial charge in [0.2, 0.25) is 0 Å². The van der Waals surface area contributed by atoms with Crippen LogP contribution in [0.4, 0.5) is 22.0 Å². The molecule has 1 rings (SSSR count). The van der Waals surface area contributed by atoms with Gasteiger partial charge in [-0.3, -0.25) is 4.79 Å². The van der Waals surface area contributed by atoms with E-state index in [0.29, 0.717) is 0 Å². The Morgan fingerprint density at radius 3 is 2.35 bits per heavy atom. The lowest BCUT2D eigenvalue weighted by Crippen LogP contribution is -2.16. The molecule has 0 aliphatic heterocycles. The summed E-state index contributed by atoms with van der Waals surface area (Å²) in [4.78, 5) is 13.7. The number of nitrogens with zero attached hydrogens (tertiary/aromatic N) is 1. The molecule has 0 aliphatic rings. The fourth-order valence-electron chi connectivity index (χ4n) is 1.32. The summed E-state index contributed by atoms with van der Waals surface area (Å²) in [5.41, 5.74) is 0.985. The van der Waals surface area contributed by atoms with Gasteiger partial charge in [-0.15, -0.1) is 0 Å². The maximum Gasteiger partial charge on any atom is 0.417 e. The molecule has 0 fully saturated rings. The van der Waals surface area contributed by atoms with Crippen molar-refractivity contribution < 1.29 is 26.7 Å². The van der Waals surface area contributed by atoms with Crippen LogP contribution in [0, 0.1) is 0 Å². The van der Waals surface area contributed by atoms with E-state index in [4.69, 9.17) is 5.73 Å². The van der Waals surface area contributed by atoms with Gasteiger partial charge in [0.15, 0.2) is 6.29 Å². The van der Waals surface area contributed by atoms with Crippen molar-refractivity contribution in [1.29, 1.82) is 0 Å². The standard InChI is InChI=1S/C9H7F5N2O/c10-8(11)7-5(9(12,13)14)1-4(3-17)16-6(7)2-15/h1,3,8H,2,15H2. The molecular formula is C9H7F5N2O. The van der Waals surface area contributed by atoms with Crippen molar-refractivity contribution in [2.24, 2.45) is 5.73 Å². The number of carbonyl (C=O) groups excluding carboxylic acids is 1. The largest absolute Gasteiger partial charge is 0.417 e. The predicted molar refractivity (Wildman–Crippen MR) is 47.5 cm³/mol. The molecule has 94 valence electrons. The van der Waals surface area contributed by atoms with Gasteiger partial charge in [-0.25, -0.2) is 13.8 Å². The van der Waals surface area contributed by atoms with Crippen molar-refractivity contribution in [3.63, 3.8) is 0 Å². The Hall–Kier alpha value is -1.57. The average molecular weight is 254 g/mol. The molecule has 0 bridgehead atoms. The van der Waals surface area contributed by atoms with Gasteiger partial charge in [-0.05, 0) is 6.07 Å². The van der Waals surface area contributed by atoms with Gasteiger partial charge >= 0.3 is 6.18 Å². The van der Waals surface area contributed by atoms with E-state index < -0.39 is 41.7 Å². The molecule has 0 spiro atoms. The summed E-state index contributed by atoms with van der Waals surface area (Å²) in [5.74, 6) is 0. The lowest BCUT2D eigenvalue weighted by molar-refractivity contribution is -0.139. The lowest BCUT2D eigenvalue weighted by Gasteiger charge is -2.15. The summed E-state index contributed by atoms with van der Waals surface area (Å²) in [6.07, 6.45) is -8.31. The van der Waals surface area contributed by atoms with E-state index in [1.807, 2.05) is 0 Å². The third kappa shape index (κ3) is 2.76. The lowest BCUT2D eigenvalue weighted by atomic mass is 10.0. The minimum absolute atomic E-state index is 0.0453. The van der Waals surface area contributed by atoms with Crippen LogP contribution in [-0.4, -0.2) is 11.3 Å². The quantitative estimate of drug-likeness (QED) is 0.665. The van der Waals surface area contributed by atoms with Crippen LogP contribution >= 0.6 is 0 Å². The van der Waals surface area contributed by atoms with Crippen molar-refractivity contribution in [3.8, 4) is 0 Å². The van der Waals surface area contributed by atoms with Crippen molar-refractivity contribution in [1.82, 2.24) is 4.98 Å². The van der Waals surface area contributed by atoms with E-state index in [1.54, 1.807) is 0 Å². The number of rotatable bonds is 3. The van der Waals surface area contributed by atoms with Crippen molar-refractivity contribution >= 4 is 6.29 Å². The molecule has 1 aromatic rings. The van der Waals surface area contributed by atoms with Crippen LogP contribution in [0.25, 0.3) is 0 Å². The van der Waals surface area contributed by atoms with Crippen LogP contribution in [0.15, 0.2) is 6.07 Å². The third-order valence-corrected chi connectivity index (χ3v) is 2.00. The van der Waals surface area contributed by atoms with Crippen LogP contribution in [0.3, 0.4) is 0 Å². The van der Waals surface area contributed by atoms with Gasteiger partial charge in [0.25, 0.3) is 6.43 Å². The van der Waals surface area contributed by atoms with Gasteiger partial charge < -0.3 is 5.73 Å². The zero-order valence-corrected chi connectivity index (χ0v) is 8.26. The first kappa shape index (κ1) is 13.5. The van der Waals surface area contributed by atoms with Gasteiger partial charge in [0, 0.05) is 6.54 Å². The highest BCUT2D eigenvalue weighted by atomic mass is 19.4. The first-order chi connectivity index (χ1) is 7.81. The molecule has 0 unspecified atom stereocenters. The maximum atomic E-state index is 12.6. The van der Waals surface area contributed by atoms with Gasteiger partial charge in [0.05, 0.1) is 16.8 Å². The number of alkyl halides is 5. The SMILES string of the molecule is NCc1nc(C=O)cc(C(F)(F)F)c1C(F)F. The number of aromatic nitrogens is 1. The Bertz CT molecular complexity index is 430. The molecule has 17 heavy (non-hydrogen) atoms. The number of carbonyl (C=O) groups is 1. The second-order valence-electron chi connectivity index (χ2n) is 3.08. The van der Waals surface area contributed by atoms with E-state index >= 15 is 0 Å². The minimum atomic E-state index is -4.99. The van der Waals surface area contributed by atoms with E-state index in [-0.39, 0.29) is 12.4 Å². The van der Waals surface area contributed by atoms with Crippen LogP contribution in [-0.2, 0) is 12.7 Å². The summed E-state index contributed by atoms with van der Waals surface area (Å²) in [7, 11) is 0. The molecule has 0 atom stereocenters. The molecule has 2 N–H and O–H groups in total. The van der Waals surface area contributed by atoms with Crippen molar-refractivity contribution in [3.05, 3.63) is 28.6 Å². The smallest absolute Gasteiger partial charge is 0.325 e. The Labute approximate surface area is 92.4 Å². The topological polar surface area (TPSA) is 56.0 Å². The first-order valence-electron chi connectivity index (χ1n) is 4.35. The molecule has 8 heteroatoms. The molecule has 0 saturated heterocycles. The van der Waals surface area contributed by atoms with Gasteiger partial charge in [0.1, 0.15) is 5.69 Å². The third-order valence-electron chi connectivity index (χ3n) is 2.00. The van der Waals surface area contributed by atoms with Crippen LogP contribution < -0.4 is 5.73 Å². The highest BCUT2D eigenvalue weighted by Crippen LogP contribution is 2.37. The zero-order chi connectivity index (χ0) is 13.2. The molecule has 0 radical (unpaired) electrons. The Kier molecular flexibility index (Phi) is 3.76. The molecule has 0 saturated carbocycles. The van der Waals surface area contributed by atoms with E-state index in [2.05, 4.69) is 4.98 Å². The Morgan fingerprint density at radius 2 is 2.00 bits per heavy atom. The number of nitrogens with two attached hydrogens (primary N) is 1. The van der Waals surface area contributed by atoms with Crippen molar-refractivity contribution in [2.75, 3.05) is 0 Å². The van der Waals surface area contributed by atoms with E-state index in [0.717, 1.165) is 0 Å². The van der Waals surface area contributed by atoms with Crippen molar-refractivity contribution in [2.45, 2.75) is 19.1 Å². The number of hydrogen-bond donors (Lipinski definition) is 1. The Balaban J connectivity index is 3.58. The number of hydrogen-bond acceptors (Lipinski definition) is 3. The predicted octanol–water partition coefficient (Wildman–Crippen LogP) is 2.31. The second kappa shape index (κ2) is 4.74. The fraction of sp³-hybridized carbons (Fsp3) is 0.333.